The fourth-order valence-corrected chi connectivity index (χ4v) is 7.89. The number of pyridine rings is 1. The second-order valence-electron chi connectivity index (χ2n) is 10.0. The second-order valence-corrected chi connectivity index (χ2v) is 10.0. The Bertz CT molecular complexity index is 656. The Morgan fingerprint density at radius 3 is 2.48 bits per heavy atom. The van der Waals surface area contributed by atoms with Crippen LogP contribution in [0.5, 0.6) is 0 Å². The maximum atomic E-state index is 13.0. The molecule has 0 spiro atoms. The summed E-state index contributed by atoms with van der Waals surface area (Å²) in [6, 6.07) is 4.08. The van der Waals surface area contributed by atoms with Gasteiger partial charge in [-0.15, -0.1) is 0 Å². The fraction of sp³-hybridized carbons (Fsp3) is 0.760. The highest BCUT2D eigenvalue weighted by Crippen LogP contribution is 2.59. The van der Waals surface area contributed by atoms with Crippen LogP contribution in [0.1, 0.15) is 76.2 Å². The van der Waals surface area contributed by atoms with Gasteiger partial charge in [0, 0.05) is 24.7 Å². The van der Waals surface area contributed by atoms with Gasteiger partial charge in [0.15, 0.2) is 0 Å². The Morgan fingerprint density at radius 1 is 0.852 bits per heavy atom. The minimum Gasteiger partial charge on any atom is -0.299 e. The van der Waals surface area contributed by atoms with E-state index in [0.717, 1.165) is 42.4 Å². The summed E-state index contributed by atoms with van der Waals surface area (Å²) in [5.74, 6) is 6.57. The SMILES string of the molecule is O=C(CCc1cccnc1)C1CCC2C1CCC1C3CCCCC3CCC12. The van der Waals surface area contributed by atoms with Gasteiger partial charge in [0.25, 0.3) is 0 Å². The Labute approximate surface area is 164 Å². The van der Waals surface area contributed by atoms with Crippen LogP contribution in [-0.4, -0.2) is 10.8 Å². The molecule has 5 rings (SSSR count). The van der Waals surface area contributed by atoms with Crippen LogP contribution < -0.4 is 0 Å². The number of fused-ring (bicyclic) bond motifs is 5. The van der Waals surface area contributed by atoms with Crippen LogP contribution in [0.2, 0.25) is 0 Å². The van der Waals surface area contributed by atoms with E-state index in [2.05, 4.69) is 11.1 Å². The van der Waals surface area contributed by atoms with Gasteiger partial charge < -0.3 is 0 Å². The van der Waals surface area contributed by atoms with Crippen molar-refractivity contribution in [3.05, 3.63) is 30.1 Å². The summed E-state index contributed by atoms with van der Waals surface area (Å²) in [5, 5.41) is 0. The van der Waals surface area contributed by atoms with E-state index in [9.17, 15) is 4.79 Å². The molecule has 4 aliphatic carbocycles. The second kappa shape index (κ2) is 7.68. The van der Waals surface area contributed by atoms with Gasteiger partial charge in [0.2, 0.25) is 0 Å². The number of carbonyl (C=O) groups is 1. The van der Waals surface area contributed by atoms with E-state index >= 15 is 0 Å². The number of aryl methyl sites for hydroxylation is 1. The molecule has 4 aliphatic rings. The Morgan fingerprint density at radius 2 is 1.59 bits per heavy atom. The number of nitrogens with zero attached hydrogens (tertiary/aromatic N) is 1. The molecule has 0 amide bonds. The summed E-state index contributed by atoms with van der Waals surface area (Å²) in [4.78, 5) is 17.2. The first-order chi connectivity index (χ1) is 13.3. The molecule has 0 N–H and O–H groups in total. The lowest BCUT2D eigenvalue weighted by Gasteiger charge is -2.52. The van der Waals surface area contributed by atoms with Crippen LogP contribution in [0.15, 0.2) is 24.5 Å². The molecule has 27 heavy (non-hydrogen) atoms. The maximum Gasteiger partial charge on any atom is 0.136 e. The molecule has 4 saturated carbocycles. The Hall–Kier alpha value is -1.18. The van der Waals surface area contributed by atoms with Crippen LogP contribution in [-0.2, 0) is 11.2 Å². The molecule has 2 nitrogen and oxygen atoms in total. The summed E-state index contributed by atoms with van der Waals surface area (Å²) in [6.45, 7) is 0. The van der Waals surface area contributed by atoms with Crippen molar-refractivity contribution in [3.63, 3.8) is 0 Å². The highest BCUT2D eigenvalue weighted by Gasteiger charge is 2.52. The van der Waals surface area contributed by atoms with Crippen LogP contribution in [0.4, 0.5) is 0 Å². The van der Waals surface area contributed by atoms with Crippen molar-refractivity contribution in [3.8, 4) is 0 Å². The van der Waals surface area contributed by atoms with Gasteiger partial charge in [-0.1, -0.05) is 25.3 Å². The number of ketones is 1. The van der Waals surface area contributed by atoms with Gasteiger partial charge in [-0.2, -0.15) is 0 Å². The quantitative estimate of drug-likeness (QED) is 0.669. The summed E-state index contributed by atoms with van der Waals surface area (Å²) in [6.07, 6.45) is 19.6. The fourth-order valence-electron chi connectivity index (χ4n) is 7.89. The highest BCUT2D eigenvalue weighted by atomic mass is 16.1. The zero-order valence-electron chi connectivity index (χ0n) is 16.7. The van der Waals surface area contributed by atoms with Crippen LogP contribution in [0.25, 0.3) is 0 Å². The largest absolute Gasteiger partial charge is 0.299 e. The first kappa shape index (κ1) is 17.9. The van der Waals surface area contributed by atoms with Gasteiger partial charge in [-0.3, -0.25) is 9.78 Å². The molecule has 0 aromatic carbocycles. The summed E-state index contributed by atoms with van der Waals surface area (Å²) < 4.78 is 0. The number of hydrogen-bond donors (Lipinski definition) is 0. The molecule has 7 atom stereocenters. The zero-order chi connectivity index (χ0) is 18.2. The lowest BCUT2D eigenvalue weighted by atomic mass is 9.53. The predicted molar refractivity (Wildman–Crippen MR) is 108 cm³/mol. The van der Waals surface area contributed by atoms with Crippen molar-refractivity contribution in [2.45, 2.75) is 77.0 Å². The van der Waals surface area contributed by atoms with Crippen molar-refractivity contribution in [1.82, 2.24) is 4.98 Å². The summed E-state index contributed by atoms with van der Waals surface area (Å²) >= 11 is 0. The molecule has 7 unspecified atom stereocenters. The van der Waals surface area contributed by atoms with Crippen molar-refractivity contribution in [1.29, 1.82) is 0 Å². The first-order valence-electron chi connectivity index (χ1n) is 11.7. The Balaban J connectivity index is 1.23. The van der Waals surface area contributed by atoms with E-state index in [1.165, 1.54) is 69.8 Å². The highest BCUT2D eigenvalue weighted by molar-refractivity contribution is 5.81. The molecule has 0 bridgehead atoms. The number of Topliss-reactive ketones (excluding diaryl/α,β-unsaturated/α-hetero) is 1. The van der Waals surface area contributed by atoms with Gasteiger partial charge in [-0.25, -0.2) is 0 Å². The van der Waals surface area contributed by atoms with E-state index in [1.54, 1.807) is 0 Å². The average molecular weight is 366 g/mol. The average Bonchev–Trinajstić information content (AvgIpc) is 3.17. The van der Waals surface area contributed by atoms with Gasteiger partial charge in [-0.05, 0) is 98.5 Å². The zero-order valence-corrected chi connectivity index (χ0v) is 16.7. The molecule has 146 valence electrons. The third kappa shape index (κ3) is 3.38. The molecule has 0 aliphatic heterocycles. The van der Waals surface area contributed by atoms with E-state index in [4.69, 9.17) is 0 Å². The van der Waals surface area contributed by atoms with Gasteiger partial charge in [0.1, 0.15) is 5.78 Å². The predicted octanol–water partition coefficient (Wildman–Crippen LogP) is 5.85. The monoisotopic (exact) mass is 365 g/mol. The number of rotatable bonds is 4. The molecule has 1 aromatic rings. The first-order valence-corrected chi connectivity index (χ1v) is 11.7. The van der Waals surface area contributed by atoms with Crippen LogP contribution in [0, 0.1) is 41.4 Å². The maximum absolute atomic E-state index is 13.0. The van der Waals surface area contributed by atoms with E-state index in [1.807, 2.05) is 18.5 Å². The molecular formula is C25H35NO. The number of hydrogen-bond acceptors (Lipinski definition) is 2. The van der Waals surface area contributed by atoms with Crippen LogP contribution in [0.3, 0.4) is 0 Å². The third-order valence-electron chi connectivity index (χ3n) is 9.00. The Kier molecular flexibility index (Phi) is 5.09. The number of aromatic nitrogens is 1. The summed E-state index contributed by atoms with van der Waals surface area (Å²) in [5.41, 5.74) is 1.21. The molecule has 1 aromatic heterocycles. The molecular weight excluding hydrogens is 330 g/mol. The summed E-state index contributed by atoms with van der Waals surface area (Å²) in [7, 11) is 0. The molecule has 4 fully saturated rings. The molecule has 2 heteroatoms. The van der Waals surface area contributed by atoms with Crippen molar-refractivity contribution >= 4 is 5.78 Å². The third-order valence-corrected chi connectivity index (χ3v) is 9.00. The minimum absolute atomic E-state index is 0.372. The molecule has 0 radical (unpaired) electrons. The number of carbonyl (C=O) groups excluding carboxylic acids is 1. The lowest BCUT2D eigenvalue weighted by Crippen LogP contribution is -2.44. The van der Waals surface area contributed by atoms with Gasteiger partial charge >= 0.3 is 0 Å². The smallest absolute Gasteiger partial charge is 0.136 e. The normalized spacial score (nSPS) is 40.7. The van der Waals surface area contributed by atoms with Gasteiger partial charge in [0.05, 0.1) is 0 Å². The van der Waals surface area contributed by atoms with Crippen molar-refractivity contribution in [2.75, 3.05) is 0 Å². The van der Waals surface area contributed by atoms with E-state index in [0.29, 0.717) is 17.6 Å². The lowest BCUT2D eigenvalue weighted by molar-refractivity contribution is -0.125. The van der Waals surface area contributed by atoms with Crippen LogP contribution >= 0.6 is 0 Å². The van der Waals surface area contributed by atoms with Crippen molar-refractivity contribution < 1.29 is 4.79 Å². The van der Waals surface area contributed by atoms with E-state index < -0.39 is 0 Å². The standard InChI is InChI=1S/C25H35NO/c27-25(14-7-17-4-3-15-26-16-17)24-13-12-22-21-9-8-18-5-1-2-6-19(18)20(21)10-11-23(22)24/h3-4,15-16,18-24H,1-2,5-14H2. The minimum atomic E-state index is 0.372. The van der Waals surface area contributed by atoms with Crippen molar-refractivity contribution in [2.24, 2.45) is 41.4 Å². The molecule has 0 saturated heterocycles. The topological polar surface area (TPSA) is 30.0 Å². The van der Waals surface area contributed by atoms with E-state index in [-0.39, 0.29) is 0 Å². The molecule has 1 heterocycles.